The molecule has 3 atom stereocenters. The number of thiazole rings is 1. The lowest BCUT2D eigenvalue weighted by Gasteiger charge is -2.37. The molecule has 0 saturated heterocycles. The highest BCUT2D eigenvalue weighted by molar-refractivity contribution is 7.13. The van der Waals surface area contributed by atoms with Gasteiger partial charge in [0, 0.05) is 12.0 Å². The fourth-order valence-electron chi connectivity index (χ4n) is 3.40. The van der Waals surface area contributed by atoms with Gasteiger partial charge in [-0.25, -0.2) is 9.78 Å². The molecule has 28 heavy (non-hydrogen) atoms. The quantitative estimate of drug-likeness (QED) is 0.363. The van der Waals surface area contributed by atoms with Crippen LogP contribution < -0.4 is 10.6 Å². The Balaban J connectivity index is 2.08. The lowest BCUT2D eigenvalue weighted by Crippen LogP contribution is -2.42. The van der Waals surface area contributed by atoms with Gasteiger partial charge in [-0.15, -0.1) is 11.3 Å². The van der Waals surface area contributed by atoms with Crippen LogP contribution in [0.3, 0.4) is 0 Å². The average Bonchev–Trinajstić information content (AvgIpc) is 3.05. The maximum Gasteiger partial charge on any atom is 0.350 e. The van der Waals surface area contributed by atoms with Crippen molar-refractivity contribution in [2.45, 2.75) is 72.4 Å². The summed E-state index contributed by atoms with van der Waals surface area (Å²) in [6.07, 6.45) is 3.75. The lowest BCUT2D eigenvalue weighted by molar-refractivity contribution is 0.00715. The molecule has 1 aromatic heterocycles. The van der Waals surface area contributed by atoms with Crippen LogP contribution in [-0.4, -0.2) is 47.8 Å². The molecule has 0 aliphatic heterocycles. The first-order chi connectivity index (χ1) is 13.3. The standard InChI is InChI=1S/C20H34N4O3S/c1-6-21-19(22-12-20(5)11-9-8-10-15(20)25)24-14(4)17-23-13(3)16(28-17)18(26)27-7-2/h14-15,25H,6-12H2,1-5H3,(H2,21,22,24). The van der Waals surface area contributed by atoms with E-state index in [1.165, 1.54) is 11.3 Å². The van der Waals surface area contributed by atoms with Gasteiger partial charge in [-0.1, -0.05) is 19.8 Å². The molecule has 0 bridgehead atoms. The number of carbonyl (C=O) groups is 1. The summed E-state index contributed by atoms with van der Waals surface area (Å²) in [5, 5.41) is 17.8. The molecular formula is C20H34N4O3S. The first-order valence-corrected chi connectivity index (χ1v) is 11.0. The van der Waals surface area contributed by atoms with Crippen molar-refractivity contribution in [2.75, 3.05) is 19.7 Å². The number of rotatable bonds is 7. The van der Waals surface area contributed by atoms with Crippen molar-refractivity contribution in [1.82, 2.24) is 15.6 Å². The zero-order chi connectivity index (χ0) is 20.7. The molecule has 0 radical (unpaired) electrons. The molecule has 1 saturated carbocycles. The van der Waals surface area contributed by atoms with Crippen molar-refractivity contribution < 1.29 is 14.6 Å². The zero-order valence-electron chi connectivity index (χ0n) is 17.7. The summed E-state index contributed by atoms with van der Waals surface area (Å²) < 4.78 is 5.10. The number of aliphatic hydroxyl groups excluding tert-OH is 1. The predicted octanol–water partition coefficient (Wildman–Crippen LogP) is 3.19. The normalized spacial score (nSPS) is 23.9. The van der Waals surface area contributed by atoms with Crippen molar-refractivity contribution in [3.8, 4) is 0 Å². The van der Waals surface area contributed by atoms with E-state index in [2.05, 4.69) is 22.5 Å². The van der Waals surface area contributed by atoms with Crippen molar-refractivity contribution >= 4 is 23.3 Å². The van der Waals surface area contributed by atoms with Crippen molar-refractivity contribution in [2.24, 2.45) is 10.4 Å². The summed E-state index contributed by atoms with van der Waals surface area (Å²) in [5.41, 5.74) is 0.505. The van der Waals surface area contributed by atoms with Gasteiger partial charge in [0.05, 0.1) is 31.0 Å². The van der Waals surface area contributed by atoms with Gasteiger partial charge in [-0.05, 0) is 40.5 Å². The highest BCUT2D eigenvalue weighted by atomic mass is 32.1. The Morgan fingerprint density at radius 3 is 2.86 bits per heavy atom. The van der Waals surface area contributed by atoms with E-state index >= 15 is 0 Å². The zero-order valence-corrected chi connectivity index (χ0v) is 18.5. The van der Waals surface area contributed by atoms with Gasteiger partial charge in [0.2, 0.25) is 0 Å². The summed E-state index contributed by atoms with van der Waals surface area (Å²) in [5.74, 6) is 0.371. The maximum absolute atomic E-state index is 12.0. The van der Waals surface area contributed by atoms with Crippen molar-refractivity contribution in [3.63, 3.8) is 0 Å². The number of carbonyl (C=O) groups excluding carboxylic acids is 1. The van der Waals surface area contributed by atoms with Crippen LogP contribution in [0.4, 0.5) is 0 Å². The fourth-order valence-corrected chi connectivity index (χ4v) is 4.36. The van der Waals surface area contributed by atoms with Crippen LogP contribution in [0.5, 0.6) is 0 Å². The Morgan fingerprint density at radius 2 is 2.21 bits per heavy atom. The number of hydrogen-bond acceptors (Lipinski definition) is 6. The van der Waals surface area contributed by atoms with E-state index in [0.29, 0.717) is 29.7 Å². The van der Waals surface area contributed by atoms with Gasteiger partial charge in [0.25, 0.3) is 0 Å². The minimum Gasteiger partial charge on any atom is -0.462 e. The second-order valence-electron chi connectivity index (χ2n) is 7.66. The van der Waals surface area contributed by atoms with E-state index in [4.69, 9.17) is 9.73 Å². The molecule has 0 amide bonds. The third kappa shape index (κ3) is 5.67. The molecular weight excluding hydrogens is 376 g/mol. The molecule has 3 unspecified atom stereocenters. The summed E-state index contributed by atoms with van der Waals surface area (Å²) in [6, 6.07) is -0.103. The summed E-state index contributed by atoms with van der Waals surface area (Å²) in [7, 11) is 0. The van der Waals surface area contributed by atoms with Gasteiger partial charge >= 0.3 is 5.97 Å². The number of guanidine groups is 1. The SMILES string of the molecule is CCNC(=NCC1(C)CCCCC1O)NC(C)c1nc(C)c(C(=O)OCC)s1. The monoisotopic (exact) mass is 410 g/mol. The van der Waals surface area contributed by atoms with Crippen LogP contribution in [0, 0.1) is 12.3 Å². The number of aliphatic imine (C=N–C) groups is 1. The van der Waals surface area contributed by atoms with Gasteiger partial charge in [0.1, 0.15) is 9.88 Å². The molecule has 0 spiro atoms. The summed E-state index contributed by atoms with van der Waals surface area (Å²) in [4.78, 5) is 21.9. The first-order valence-electron chi connectivity index (χ1n) is 10.2. The highest BCUT2D eigenvalue weighted by Crippen LogP contribution is 2.36. The van der Waals surface area contributed by atoms with Crippen LogP contribution in [-0.2, 0) is 4.74 Å². The lowest BCUT2D eigenvalue weighted by atomic mass is 9.73. The number of nitrogens with zero attached hydrogens (tertiary/aromatic N) is 2. The number of hydrogen-bond donors (Lipinski definition) is 3. The van der Waals surface area contributed by atoms with Gasteiger partial charge in [0.15, 0.2) is 5.96 Å². The third-order valence-corrected chi connectivity index (χ3v) is 6.54. The number of ether oxygens (including phenoxy) is 1. The second-order valence-corrected chi connectivity index (χ2v) is 8.69. The molecule has 0 aromatic carbocycles. The van der Waals surface area contributed by atoms with Gasteiger partial charge in [-0.3, -0.25) is 4.99 Å². The fraction of sp³-hybridized carbons (Fsp3) is 0.750. The van der Waals surface area contributed by atoms with E-state index in [1.54, 1.807) is 6.92 Å². The average molecular weight is 411 g/mol. The molecule has 1 aliphatic rings. The Hall–Kier alpha value is -1.67. The number of nitrogens with one attached hydrogen (secondary N) is 2. The topological polar surface area (TPSA) is 95.8 Å². The van der Waals surface area contributed by atoms with Crippen molar-refractivity contribution in [1.29, 1.82) is 0 Å². The molecule has 1 heterocycles. The van der Waals surface area contributed by atoms with E-state index in [0.717, 1.165) is 37.2 Å². The van der Waals surface area contributed by atoms with E-state index in [1.807, 2.05) is 20.8 Å². The smallest absolute Gasteiger partial charge is 0.350 e. The molecule has 1 fully saturated rings. The van der Waals surface area contributed by atoms with Crippen LogP contribution in [0.2, 0.25) is 0 Å². The first kappa shape index (κ1) is 22.6. The molecule has 1 aliphatic carbocycles. The Kier molecular flexibility index (Phi) is 8.24. The molecule has 2 rings (SSSR count). The number of esters is 1. The molecule has 158 valence electrons. The van der Waals surface area contributed by atoms with Crippen LogP contribution in [0.1, 0.15) is 79.8 Å². The van der Waals surface area contributed by atoms with Crippen LogP contribution in [0.15, 0.2) is 4.99 Å². The van der Waals surface area contributed by atoms with Gasteiger partial charge in [-0.2, -0.15) is 0 Å². The third-order valence-electron chi connectivity index (χ3n) is 5.22. The minimum absolute atomic E-state index is 0.103. The minimum atomic E-state index is -0.323. The summed E-state index contributed by atoms with van der Waals surface area (Å²) >= 11 is 1.35. The van der Waals surface area contributed by atoms with Crippen LogP contribution in [0.25, 0.3) is 0 Å². The van der Waals surface area contributed by atoms with Gasteiger partial charge < -0.3 is 20.5 Å². The predicted molar refractivity (Wildman–Crippen MR) is 113 cm³/mol. The molecule has 3 N–H and O–H groups in total. The Labute approximate surface area is 172 Å². The second kappa shape index (κ2) is 10.2. The highest BCUT2D eigenvalue weighted by Gasteiger charge is 2.35. The van der Waals surface area contributed by atoms with E-state index in [-0.39, 0.29) is 23.5 Å². The number of aryl methyl sites for hydroxylation is 1. The molecule has 1 aromatic rings. The Morgan fingerprint density at radius 1 is 1.46 bits per heavy atom. The largest absolute Gasteiger partial charge is 0.462 e. The van der Waals surface area contributed by atoms with E-state index < -0.39 is 0 Å². The van der Waals surface area contributed by atoms with E-state index in [9.17, 15) is 9.90 Å². The number of aliphatic hydroxyl groups is 1. The summed E-state index contributed by atoms with van der Waals surface area (Å²) in [6.45, 7) is 11.4. The van der Waals surface area contributed by atoms with Crippen molar-refractivity contribution in [3.05, 3.63) is 15.6 Å². The Bertz CT molecular complexity index is 691. The van der Waals surface area contributed by atoms with Crippen LogP contribution >= 0.6 is 11.3 Å². The molecule has 7 nitrogen and oxygen atoms in total. The number of aromatic nitrogens is 1. The maximum atomic E-state index is 12.0. The molecule has 8 heteroatoms.